The number of imidazole rings is 1. The monoisotopic (exact) mass is 279 g/mol. The Morgan fingerprint density at radius 1 is 1.10 bits per heavy atom. The van der Waals surface area contributed by atoms with E-state index in [0.29, 0.717) is 11.3 Å². The third-order valence-electron chi connectivity index (χ3n) is 3.04. The van der Waals surface area contributed by atoms with Gasteiger partial charge in [-0.1, -0.05) is 12.1 Å². The van der Waals surface area contributed by atoms with Crippen LogP contribution in [0.15, 0.2) is 61.3 Å². The molecule has 0 amide bonds. The molecule has 2 aromatic heterocycles. The zero-order valence-corrected chi connectivity index (χ0v) is 11.2. The Morgan fingerprint density at radius 2 is 1.90 bits per heavy atom. The van der Waals surface area contributed by atoms with Crippen molar-refractivity contribution >= 4 is 5.78 Å². The minimum Gasteiger partial charge on any atom is -0.485 e. The maximum Gasteiger partial charge on any atom is 0.200 e. The number of carbonyl (C=O) groups is 1. The molecule has 1 aromatic carbocycles. The molecule has 2 heterocycles. The number of H-pyrrole nitrogens is 1. The largest absolute Gasteiger partial charge is 0.485 e. The zero-order valence-electron chi connectivity index (χ0n) is 11.2. The molecule has 3 aromatic rings. The second-order valence-corrected chi connectivity index (χ2v) is 4.41. The molecule has 0 aliphatic rings. The van der Waals surface area contributed by atoms with Gasteiger partial charge in [-0.3, -0.25) is 9.78 Å². The summed E-state index contributed by atoms with van der Waals surface area (Å²) >= 11 is 0. The predicted octanol–water partition coefficient (Wildman–Crippen LogP) is 2.73. The van der Waals surface area contributed by atoms with Crippen molar-refractivity contribution in [1.82, 2.24) is 15.0 Å². The first-order valence-electron chi connectivity index (χ1n) is 6.48. The van der Waals surface area contributed by atoms with Crippen molar-refractivity contribution in [2.45, 2.75) is 0 Å². The quantitative estimate of drug-likeness (QED) is 0.729. The minimum absolute atomic E-state index is 0.0187. The van der Waals surface area contributed by atoms with E-state index in [0.717, 1.165) is 11.3 Å². The van der Waals surface area contributed by atoms with E-state index in [-0.39, 0.29) is 12.4 Å². The van der Waals surface area contributed by atoms with E-state index in [2.05, 4.69) is 15.0 Å². The minimum atomic E-state index is -0.0863. The lowest BCUT2D eigenvalue weighted by Gasteiger charge is -2.09. The molecule has 0 spiro atoms. The average Bonchev–Trinajstić information content (AvgIpc) is 3.08. The highest BCUT2D eigenvalue weighted by Crippen LogP contribution is 2.27. The van der Waals surface area contributed by atoms with Crippen LogP contribution < -0.4 is 4.74 Å². The number of hydrogen-bond donors (Lipinski definition) is 1. The van der Waals surface area contributed by atoms with Crippen LogP contribution in [0, 0.1) is 0 Å². The zero-order chi connectivity index (χ0) is 14.5. The molecule has 104 valence electrons. The normalized spacial score (nSPS) is 10.3. The summed E-state index contributed by atoms with van der Waals surface area (Å²) in [5, 5.41) is 0. The lowest BCUT2D eigenvalue weighted by molar-refractivity contribution is 0.0922. The van der Waals surface area contributed by atoms with Crippen LogP contribution in [0.2, 0.25) is 0 Å². The van der Waals surface area contributed by atoms with E-state index in [1.165, 1.54) is 0 Å². The highest BCUT2D eigenvalue weighted by Gasteiger charge is 2.10. The number of rotatable bonds is 5. The fraction of sp³-hybridized carbons (Fsp3) is 0.0625. The molecule has 5 nitrogen and oxygen atoms in total. The van der Waals surface area contributed by atoms with Crippen LogP contribution in [0.25, 0.3) is 11.3 Å². The molecule has 0 atom stereocenters. The number of Topliss-reactive ketones (excluding diaryl/α,β-unsaturated/α-hetero) is 1. The Morgan fingerprint density at radius 3 is 2.67 bits per heavy atom. The van der Waals surface area contributed by atoms with Gasteiger partial charge in [-0.15, -0.1) is 0 Å². The molecule has 1 N–H and O–H groups in total. The smallest absolute Gasteiger partial charge is 0.200 e. The molecule has 0 saturated carbocycles. The molecule has 0 radical (unpaired) electrons. The summed E-state index contributed by atoms with van der Waals surface area (Å²) < 4.78 is 5.66. The fourth-order valence-corrected chi connectivity index (χ4v) is 1.98. The first kappa shape index (κ1) is 13.1. The Bertz CT molecular complexity index is 724. The van der Waals surface area contributed by atoms with Gasteiger partial charge in [0.1, 0.15) is 5.75 Å². The predicted molar refractivity (Wildman–Crippen MR) is 78.1 cm³/mol. The molecule has 0 aliphatic carbocycles. The second kappa shape index (κ2) is 6.00. The van der Waals surface area contributed by atoms with E-state index in [4.69, 9.17) is 4.74 Å². The molecule has 21 heavy (non-hydrogen) atoms. The van der Waals surface area contributed by atoms with Gasteiger partial charge in [-0.25, -0.2) is 4.98 Å². The maximum atomic E-state index is 12.0. The molecule has 0 saturated heterocycles. The van der Waals surface area contributed by atoms with Crippen molar-refractivity contribution in [3.63, 3.8) is 0 Å². The summed E-state index contributed by atoms with van der Waals surface area (Å²) in [6.45, 7) is -0.0187. The van der Waals surface area contributed by atoms with Gasteiger partial charge in [0.05, 0.1) is 18.2 Å². The number of carbonyl (C=O) groups excluding carboxylic acids is 1. The Hall–Kier alpha value is -2.95. The lowest BCUT2D eigenvalue weighted by atomic mass is 10.1. The Labute approximate surface area is 121 Å². The fourth-order valence-electron chi connectivity index (χ4n) is 1.98. The van der Waals surface area contributed by atoms with Gasteiger partial charge in [0.15, 0.2) is 12.4 Å². The van der Waals surface area contributed by atoms with Crippen LogP contribution in [0.1, 0.15) is 10.4 Å². The third-order valence-corrected chi connectivity index (χ3v) is 3.04. The summed E-state index contributed by atoms with van der Waals surface area (Å²) in [7, 11) is 0. The number of para-hydroxylation sites is 1. The summed E-state index contributed by atoms with van der Waals surface area (Å²) in [6.07, 6.45) is 6.50. The van der Waals surface area contributed by atoms with Crippen LogP contribution in [-0.2, 0) is 0 Å². The molecular weight excluding hydrogens is 266 g/mol. The van der Waals surface area contributed by atoms with Crippen molar-refractivity contribution in [3.05, 3.63) is 66.9 Å². The van der Waals surface area contributed by atoms with Crippen LogP contribution in [0.3, 0.4) is 0 Å². The number of hydrogen-bond acceptors (Lipinski definition) is 4. The van der Waals surface area contributed by atoms with Gasteiger partial charge in [-0.05, 0) is 24.3 Å². The van der Waals surface area contributed by atoms with Crippen molar-refractivity contribution in [3.8, 4) is 17.0 Å². The first-order valence-corrected chi connectivity index (χ1v) is 6.48. The number of ether oxygens (including phenoxy) is 1. The molecule has 0 fully saturated rings. The van der Waals surface area contributed by atoms with Crippen LogP contribution in [0.5, 0.6) is 5.75 Å². The highest BCUT2D eigenvalue weighted by atomic mass is 16.5. The first-order chi connectivity index (χ1) is 10.3. The summed E-state index contributed by atoms with van der Waals surface area (Å²) in [5.41, 5.74) is 2.31. The number of aromatic amines is 1. The second-order valence-electron chi connectivity index (χ2n) is 4.41. The molecule has 0 aliphatic heterocycles. The van der Waals surface area contributed by atoms with E-state index in [1.807, 2.05) is 24.3 Å². The molecule has 3 rings (SSSR count). The summed E-state index contributed by atoms with van der Waals surface area (Å²) in [5.74, 6) is 0.556. The molecule has 5 heteroatoms. The van der Waals surface area contributed by atoms with Gasteiger partial charge in [-0.2, -0.15) is 0 Å². The molecule has 0 bridgehead atoms. The van der Waals surface area contributed by atoms with E-state index >= 15 is 0 Å². The lowest BCUT2D eigenvalue weighted by Crippen LogP contribution is -2.12. The number of nitrogens with one attached hydrogen (secondary N) is 1. The third kappa shape index (κ3) is 2.97. The van der Waals surface area contributed by atoms with Crippen molar-refractivity contribution in [2.75, 3.05) is 6.61 Å². The van der Waals surface area contributed by atoms with Crippen molar-refractivity contribution in [2.24, 2.45) is 0 Å². The topological polar surface area (TPSA) is 67.9 Å². The standard InChI is InChI=1S/C16H13N3O2/c20-15(12-5-7-17-8-6-12)10-21-16-4-2-1-3-13(16)14-9-18-11-19-14/h1-9,11H,10H2,(H,18,19). The van der Waals surface area contributed by atoms with Gasteiger partial charge in [0, 0.05) is 23.5 Å². The van der Waals surface area contributed by atoms with Crippen LogP contribution >= 0.6 is 0 Å². The van der Waals surface area contributed by atoms with E-state index in [9.17, 15) is 4.79 Å². The summed E-state index contributed by atoms with van der Waals surface area (Å²) in [4.78, 5) is 23.0. The number of pyridine rings is 1. The van der Waals surface area contributed by atoms with Gasteiger partial charge in [0.25, 0.3) is 0 Å². The summed E-state index contributed by atoms with van der Waals surface area (Å²) in [6, 6.07) is 10.9. The number of nitrogens with zero attached hydrogens (tertiary/aromatic N) is 2. The SMILES string of the molecule is O=C(COc1ccccc1-c1cnc[nH]1)c1ccncc1. The van der Waals surface area contributed by atoms with E-state index in [1.54, 1.807) is 37.1 Å². The number of aromatic nitrogens is 3. The van der Waals surface area contributed by atoms with Gasteiger partial charge >= 0.3 is 0 Å². The van der Waals surface area contributed by atoms with Crippen LogP contribution in [0.4, 0.5) is 0 Å². The molecular formula is C16H13N3O2. The van der Waals surface area contributed by atoms with Crippen molar-refractivity contribution in [1.29, 1.82) is 0 Å². The number of ketones is 1. The average molecular weight is 279 g/mol. The van der Waals surface area contributed by atoms with Crippen molar-refractivity contribution < 1.29 is 9.53 Å². The van der Waals surface area contributed by atoms with Gasteiger partial charge in [0.2, 0.25) is 0 Å². The Balaban J connectivity index is 1.76. The number of benzene rings is 1. The van der Waals surface area contributed by atoms with Crippen LogP contribution in [-0.4, -0.2) is 27.3 Å². The highest BCUT2D eigenvalue weighted by molar-refractivity contribution is 5.97. The molecule has 0 unspecified atom stereocenters. The van der Waals surface area contributed by atoms with Gasteiger partial charge < -0.3 is 9.72 Å². The van der Waals surface area contributed by atoms with E-state index < -0.39 is 0 Å². The Kier molecular flexibility index (Phi) is 3.73. The maximum absolute atomic E-state index is 12.0.